The van der Waals surface area contributed by atoms with E-state index in [0.29, 0.717) is 6.42 Å². The van der Waals surface area contributed by atoms with Gasteiger partial charge in [-0.15, -0.1) is 0 Å². The van der Waals surface area contributed by atoms with Crippen molar-refractivity contribution in [3.05, 3.63) is 28.2 Å². The van der Waals surface area contributed by atoms with Crippen molar-refractivity contribution in [1.82, 2.24) is 5.32 Å². The number of hydrogen-bond acceptors (Lipinski definition) is 2. The molecule has 0 spiro atoms. The van der Waals surface area contributed by atoms with Crippen molar-refractivity contribution in [1.29, 1.82) is 0 Å². The molecule has 0 aliphatic carbocycles. The number of anilines is 1. The van der Waals surface area contributed by atoms with Gasteiger partial charge in [0.15, 0.2) is 0 Å². The normalized spacial score (nSPS) is 23.5. The number of amides is 2. The van der Waals surface area contributed by atoms with Gasteiger partial charge in [0.1, 0.15) is 12.1 Å². The number of aryl methyl sites for hydroxylation is 1. The van der Waals surface area contributed by atoms with Gasteiger partial charge in [0.25, 0.3) is 0 Å². The molecule has 4 nitrogen and oxygen atoms in total. The summed E-state index contributed by atoms with van der Waals surface area (Å²) in [6.45, 7) is 5.60. The maximum Gasteiger partial charge on any atom is 0.250 e. The van der Waals surface area contributed by atoms with Crippen molar-refractivity contribution in [2.24, 2.45) is 0 Å². The fraction of sp³-hybridized carbons (Fsp3) is 0.429. The molecule has 1 N–H and O–H groups in total. The highest BCUT2D eigenvalue weighted by Crippen LogP contribution is 2.27. The molecule has 1 aromatic carbocycles. The maximum atomic E-state index is 12.4. The molecule has 1 aromatic rings. The van der Waals surface area contributed by atoms with E-state index >= 15 is 0 Å². The lowest BCUT2D eigenvalue weighted by Crippen LogP contribution is -2.62. The molecule has 1 aliphatic rings. The van der Waals surface area contributed by atoms with E-state index in [0.717, 1.165) is 15.7 Å². The van der Waals surface area contributed by atoms with Crippen LogP contribution in [-0.2, 0) is 9.59 Å². The summed E-state index contributed by atoms with van der Waals surface area (Å²) in [6, 6.07) is 4.85. The second kappa shape index (κ2) is 5.33. The van der Waals surface area contributed by atoms with E-state index in [1.807, 2.05) is 32.0 Å². The van der Waals surface area contributed by atoms with Gasteiger partial charge < -0.3 is 5.32 Å². The first kappa shape index (κ1) is 14.1. The fourth-order valence-electron chi connectivity index (χ4n) is 2.31. The van der Waals surface area contributed by atoms with Crippen LogP contribution in [0.3, 0.4) is 0 Å². The highest BCUT2D eigenvalue weighted by atomic mass is 79.9. The molecule has 2 rings (SSSR count). The molecule has 2 amide bonds. The van der Waals surface area contributed by atoms with Gasteiger partial charge in [-0.2, -0.15) is 0 Å². The fourth-order valence-corrected chi connectivity index (χ4v) is 2.91. The molecule has 0 radical (unpaired) electrons. The van der Waals surface area contributed by atoms with Crippen molar-refractivity contribution in [2.45, 2.75) is 39.3 Å². The van der Waals surface area contributed by atoms with Crippen LogP contribution in [0.4, 0.5) is 5.69 Å². The number of hydrogen-bond donors (Lipinski definition) is 1. The van der Waals surface area contributed by atoms with Crippen LogP contribution < -0.4 is 10.2 Å². The van der Waals surface area contributed by atoms with Crippen LogP contribution in [0.5, 0.6) is 0 Å². The molecule has 0 aromatic heterocycles. The van der Waals surface area contributed by atoms with Crippen molar-refractivity contribution in [2.75, 3.05) is 4.90 Å². The average molecular weight is 325 g/mol. The summed E-state index contributed by atoms with van der Waals surface area (Å²) in [4.78, 5) is 26.0. The summed E-state index contributed by atoms with van der Waals surface area (Å²) in [6.07, 6.45) is 0.598. The summed E-state index contributed by atoms with van der Waals surface area (Å²) in [5, 5.41) is 2.75. The number of piperazine rings is 1. The molecule has 0 bridgehead atoms. The molecular formula is C14H17BrN2O2. The minimum absolute atomic E-state index is 0.0490. The van der Waals surface area contributed by atoms with Crippen LogP contribution in [0.25, 0.3) is 0 Å². The van der Waals surface area contributed by atoms with Crippen LogP contribution in [-0.4, -0.2) is 23.9 Å². The van der Waals surface area contributed by atoms with Gasteiger partial charge in [-0.25, -0.2) is 0 Å². The Morgan fingerprint density at radius 3 is 2.58 bits per heavy atom. The van der Waals surface area contributed by atoms with Crippen LogP contribution in [0, 0.1) is 6.92 Å². The lowest BCUT2D eigenvalue weighted by Gasteiger charge is -2.37. The van der Waals surface area contributed by atoms with Crippen LogP contribution >= 0.6 is 15.9 Å². The maximum absolute atomic E-state index is 12.4. The molecule has 1 saturated heterocycles. The Balaban J connectivity index is 2.44. The summed E-state index contributed by atoms with van der Waals surface area (Å²) in [5.41, 5.74) is 1.81. The van der Waals surface area contributed by atoms with Gasteiger partial charge >= 0.3 is 0 Å². The Labute approximate surface area is 121 Å². The Morgan fingerprint density at radius 2 is 2.00 bits per heavy atom. The van der Waals surface area contributed by atoms with Gasteiger partial charge in [0.05, 0.1) is 0 Å². The van der Waals surface area contributed by atoms with E-state index in [9.17, 15) is 9.59 Å². The zero-order valence-electron chi connectivity index (χ0n) is 11.2. The highest BCUT2D eigenvalue weighted by molar-refractivity contribution is 9.10. The van der Waals surface area contributed by atoms with Crippen molar-refractivity contribution >= 4 is 33.4 Å². The highest BCUT2D eigenvalue weighted by Gasteiger charge is 2.38. The van der Waals surface area contributed by atoms with E-state index in [4.69, 9.17) is 0 Å². The zero-order valence-corrected chi connectivity index (χ0v) is 12.8. The first-order valence-electron chi connectivity index (χ1n) is 6.34. The third-order valence-electron chi connectivity index (χ3n) is 3.33. The van der Waals surface area contributed by atoms with Gasteiger partial charge in [0, 0.05) is 10.2 Å². The third-order valence-corrected chi connectivity index (χ3v) is 3.79. The Bertz CT molecular complexity index is 510. The number of carbonyl (C=O) groups is 2. The number of nitrogens with one attached hydrogen (secondary N) is 1. The smallest absolute Gasteiger partial charge is 0.250 e. The van der Waals surface area contributed by atoms with Gasteiger partial charge in [-0.05, 0) is 44.0 Å². The van der Waals surface area contributed by atoms with Crippen molar-refractivity contribution < 1.29 is 9.59 Å². The molecule has 0 saturated carbocycles. The molecule has 5 heteroatoms. The number of nitrogens with zero attached hydrogens (tertiary/aromatic N) is 1. The standard InChI is InChI=1S/C14H17BrN2O2/c1-4-12-14(19)17(9(3)13(18)16-12)11-6-8(2)5-10(15)7-11/h5-7,9,12H,4H2,1-3H3,(H,16,18). The summed E-state index contributed by atoms with van der Waals surface area (Å²) >= 11 is 3.43. The number of benzene rings is 1. The minimum atomic E-state index is -0.482. The van der Waals surface area contributed by atoms with E-state index in [1.165, 1.54) is 0 Å². The van der Waals surface area contributed by atoms with Crippen LogP contribution in [0.2, 0.25) is 0 Å². The lowest BCUT2D eigenvalue weighted by molar-refractivity contribution is -0.133. The second-order valence-electron chi connectivity index (χ2n) is 4.84. The molecule has 2 unspecified atom stereocenters. The molecular weight excluding hydrogens is 308 g/mol. The Hall–Kier alpha value is -1.36. The molecule has 19 heavy (non-hydrogen) atoms. The first-order chi connectivity index (χ1) is 8.93. The molecule has 2 atom stereocenters. The SMILES string of the molecule is CCC1NC(=O)C(C)N(c2cc(C)cc(Br)c2)C1=O. The molecule has 1 heterocycles. The Kier molecular flexibility index (Phi) is 3.94. The second-order valence-corrected chi connectivity index (χ2v) is 5.76. The molecule has 1 aliphatic heterocycles. The molecule has 102 valence electrons. The van der Waals surface area contributed by atoms with Gasteiger partial charge in [-0.1, -0.05) is 22.9 Å². The van der Waals surface area contributed by atoms with Gasteiger partial charge in [-0.3, -0.25) is 14.5 Å². The number of halogens is 1. The predicted molar refractivity (Wildman–Crippen MR) is 78.0 cm³/mol. The largest absolute Gasteiger partial charge is 0.343 e. The van der Waals surface area contributed by atoms with E-state index in [2.05, 4.69) is 21.2 Å². The minimum Gasteiger partial charge on any atom is -0.343 e. The van der Waals surface area contributed by atoms with E-state index in [1.54, 1.807) is 11.8 Å². The van der Waals surface area contributed by atoms with Crippen molar-refractivity contribution in [3.8, 4) is 0 Å². The van der Waals surface area contributed by atoms with Crippen LogP contribution in [0.1, 0.15) is 25.8 Å². The van der Waals surface area contributed by atoms with E-state index in [-0.39, 0.29) is 11.8 Å². The number of carbonyl (C=O) groups excluding carboxylic acids is 2. The average Bonchev–Trinajstić information content (AvgIpc) is 2.33. The summed E-state index contributed by atoms with van der Waals surface area (Å²) < 4.78 is 0.904. The van der Waals surface area contributed by atoms with Crippen molar-refractivity contribution in [3.63, 3.8) is 0 Å². The monoisotopic (exact) mass is 324 g/mol. The summed E-state index contributed by atoms with van der Waals surface area (Å²) in [5.74, 6) is -0.156. The number of rotatable bonds is 2. The quantitative estimate of drug-likeness (QED) is 0.908. The van der Waals surface area contributed by atoms with E-state index < -0.39 is 12.1 Å². The first-order valence-corrected chi connectivity index (χ1v) is 7.14. The predicted octanol–water partition coefficient (Wildman–Crippen LogP) is 2.39. The molecule has 1 fully saturated rings. The third kappa shape index (κ3) is 2.66. The van der Waals surface area contributed by atoms with Gasteiger partial charge in [0.2, 0.25) is 11.8 Å². The zero-order chi connectivity index (χ0) is 14.2. The van der Waals surface area contributed by atoms with Crippen LogP contribution in [0.15, 0.2) is 22.7 Å². The topological polar surface area (TPSA) is 49.4 Å². The lowest BCUT2D eigenvalue weighted by atomic mass is 10.0. The summed E-state index contributed by atoms with van der Waals surface area (Å²) in [7, 11) is 0. The Morgan fingerprint density at radius 1 is 1.32 bits per heavy atom.